The molecule has 0 aromatic carbocycles. The second kappa shape index (κ2) is 5.97. The average molecular weight is 248 g/mol. The van der Waals surface area contributed by atoms with Crippen molar-refractivity contribution in [1.29, 1.82) is 0 Å². The van der Waals surface area contributed by atoms with E-state index in [0.29, 0.717) is 13.2 Å². The molecule has 0 spiro atoms. The van der Waals surface area contributed by atoms with Crippen LogP contribution >= 0.6 is 0 Å². The van der Waals surface area contributed by atoms with Gasteiger partial charge in [-0.1, -0.05) is 6.08 Å². The molecule has 0 fully saturated rings. The van der Waals surface area contributed by atoms with Gasteiger partial charge in [-0.15, -0.1) is 0 Å². The van der Waals surface area contributed by atoms with Crippen molar-refractivity contribution in [2.45, 2.75) is 6.04 Å². The predicted octanol–water partition coefficient (Wildman–Crippen LogP) is -1.35. The van der Waals surface area contributed by atoms with E-state index >= 15 is 0 Å². The number of hydrogen-bond acceptors (Lipinski definition) is 5. The van der Waals surface area contributed by atoms with Crippen LogP contribution < -0.4 is 10.6 Å². The highest BCUT2D eigenvalue weighted by molar-refractivity contribution is 7.94. The van der Waals surface area contributed by atoms with Crippen LogP contribution in [0, 0.1) is 0 Å². The van der Waals surface area contributed by atoms with Crippen molar-refractivity contribution in [3.8, 4) is 0 Å². The van der Waals surface area contributed by atoms with Gasteiger partial charge in [0.25, 0.3) is 0 Å². The average Bonchev–Trinajstić information content (AvgIpc) is 2.56. The van der Waals surface area contributed by atoms with Gasteiger partial charge < -0.3 is 15.4 Å². The van der Waals surface area contributed by atoms with Gasteiger partial charge in [0.05, 0.1) is 18.9 Å². The van der Waals surface area contributed by atoms with Crippen molar-refractivity contribution in [2.24, 2.45) is 0 Å². The minimum absolute atomic E-state index is 0.0261. The molecule has 0 bridgehead atoms. The molecule has 1 amide bonds. The maximum atomic E-state index is 11.2. The summed E-state index contributed by atoms with van der Waals surface area (Å²) in [6, 6.07) is -0.266. The molecule has 16 heavy (non-hydrogen) atoms. The molecule has 1 heterocycles. The molecule has 6 nitrogen and oxygen atoms in total. The highest BCUT2D eigenvalue weighted by Gasteiger charge is 2.21. The summed E-state index contributed by atoms with van der Waals surface area (Å²) < 4.78 is 26.9. The minimum atomic E-state index is -3.06. The molecule has 0 aromatic rings. The van der Waals surface area contributed by atoms with Crippen molar-refractivity contribution in [3.05, 3.63) is 11.5 Å². The number of carbonyl (C=O) groups is 1. The van der Waals surface area contributed by atoms with Gasteiger partial charge in [-0.25, -0.2) is 8.42 Å². The molecule has 7 heteroatoms. The molecule has 1 aliphatic heterocycles. The van der Waals surface area contributed by atoms with E-state index in [-0.39, 0.29) is 24.2 Å². The Morgan fingerprint density at radius 1 is 1.56 bits per heavy atom. The van der Waals surface area contributed by atoms with E-state index in [1.807, 2.05) is 0 Å². The Bertz CT molecular complexity index is 364. The molecule has 1 unspecified atom stereocenters. The van der Waals surface area contributed by atoms with E-state index in [2.05, 4.69) is 10.6 Å². The van der Waals surface area contributed by atoms with Crippen LogP contribution in [0.4, 0.5) is 0 Å². The van der Waals surface area contributed by atoms with Crippen molar-refractivity contribution in [1.82, 2.24) is 10.6 Å². The number of amides is 1. The minimum Gasteiger partial charge on any atom is -0.383 e. The molecule has 1 aliphatic rings. The summed E-state index contributed by atoms with van der Waals surface area (Å²) in [5.41, 5.74) is 0. The summed E-state index contributed by atoms with van der Waals surface area (Å²) in [7, 11) is -1.50. The van der Waals surface area contributed by atoms with Crippen molar-refractivity contribution >= 4 is 15.7 Å². The van der Waals surface area contributed by atoms with Gasteiger partial charge in [0.15, 0.2) is 9.84 Å². The Morgan fingerprint density at radius 3 is 2.88 bits per heavy atom. The standard InChI is InChI=1S/C9H16N2O4S/c1-15-4-3-10-9(12)6-11-8-2-5-16(13,14)7-8/h2,5,8,11H,3-4,6-7H2,1H3,(H,10,12). The smallest absolute Gasteiger partial charge is 0.234 e. The summed E-state index contributed by atoms with van der Waals surface area (Å²) in [6.45, 7) is 1.02. The first-order chi connectivity index (χ1) is 7.53. The molecule has 1 atom stereocenters. The maximum absolute atomic E-state index is 11.2. The SMILES string of the molecule is COCCNC(=O)CNC1C=CS(=O)(=O)C1. The third-order valence-electron chi connectivity index (χ3n) is 2.08. The van der Waals surface area contributed by atoms with Crippen LogP contribution in [0.5, 0.6) is 0 Å². The van der Waals surface area contributed by atoms with Crippen molar-refractivity contribution in [2.75, 3.05) is 32.6 Å². The van der Waals surface area contributed by atoms with E-state index in [9.17, 15) is 13.2 Å². The van der Waals surface area contributed by atoms with Gasteiger partial charge in [0.1, 0.15) is 0 Å². The maximum Gasteiger partial charge on any atom is 0.234 e. The molecule has 0 saturated carbocycles. The first-order valence-corrected chi connectivity index (χ1v) is 6.65. The monoisotopic (exact) mass is 248 g/mol. The lowest BCUT2D eigenvalue weighted by Crippen LogP contribution is -2.40. The number of methoxy groups -OCH3 is 1. The van der Waals surface area contributed by atoms with Gasteiger partial charge in [-0.3, -0.25) is 4.79 Å². The largest absolute Gasteiger partial charge is 0.383 e. The summed E-state index contributed by atoms with van der Waals surface area (Å²) in [6.07, 6.45) is 1.55. The first-order valence-electron chi connectivity index (χ1n) is 4.93. The Hall–Kier alpha value is -0.920. The Morgan fingerprint density at radius 2 is 2.31 bits per heavy atom. The van der Waals surface area contributed by atoms with Gasteiger partial charge in [0.2, 0.25) is 5.91 Å². The van der Waals surface area contributed by atoms with Crippen LogP contribution in [-0.4, -0.2) is 52.9 Å². The second-order valence-electron chi connectivity index (χ2n) is 3.49. The van der Waals surface area contributed by atoms with E-state index in [1.54, 1.807) is 13.2 Å². The number of carbonyl (C=O) groups excluding carboxylic acids is 1. The fourth-order valence-electron chi connectivity index (χ4n) is 1.28. The molecule has 0 radical (unpaired) electrons. The topological polar surface area (TPSA) is 84.5 Å². The fraction of sp³-hybridized carbons (Fsp3) is 0.667. The zero-order valence-electron chi connectivity index (χ0n) is 9.10. The zero-order chi connectivity index (χ0) is 12.0. The predicted molar refractivity (Wildman–Crippen MR) is 59.6 cm³/mol. The van der Waals surface area contributed by atoms with Crippen LogP contribution in [0.15, 0.2) is 11.5 Å². The van der Waals surface area contributed by atoms with Crippen LogP contribution in [0.3, 0.4) is 0 Å². The number of sulfone groups is 1. The Labute approximate surface area is 95.0 Å². The van der Waals surface area contributed by atoms with Crippen molar-refractivity contribution in [3.63, 3.8) is 0 Å². The highest BCUT2D eigenvalue weighted by atomic mass is 32.2. The van der Waals surface area contributed by atoms with E-state index in [1.165, 1.54) is 5.41 Å². The molecular weight excluding hydrogens is 232 g/mol. The Balaban J connectivity index is 2.16. The highest BCUT2D eigenvalue weighted by Crippen LogP contribution is 2.06. The normalized spacial score (nSPS) is 22.2. The third-order valence-corrected chi connectivity index (χ3v) is 3.48. The van der Waals surface area contributed by atoms with Gasteiger partial charge in [0, 0.05) is 25.1 Å². The molecular formula is C9H16N2O4S. The fourth-order valence-corrected chi connectivity index (χ4v) is 2.55. The van der Waals surface area contributed by atoms with E-state index in [0.717, 1.165) is 0 Å². The summed E-state index contributed by atoms with van der Waals surface area (Å²) in [5.74, 6) is -0.145. The lowest BCUT2D eigenvalue weighted by Gasteiger charge is -2.09. The molecule has 0 saturated heterocycles. The number of ether oxygens (including phenoxy) is 1. The number of nitrogens with one attached hydrogen (secondary N) is 2. The van der Waals surface area contributed by atoms with Crippen LogP contribution in [-0.2, 0) is 19.4 Å². The quantitative estimate of drug-likeness (QED) is 0.568. The summed E-state index contributed by atoms with van der Waals surface area (Å²) in [4.78, 5) is 11.2. The lowest BCUT2D eigenvalue weighted by molar-refractivity contribution is -0.120. The van der Waals surface area contributed by atoms with E-state index < -0.39 is 9.84 Å². The third kappa shape index (κ3) is 4.73. The zero-order valence-corrected chi connectivity index (χ0v) is 9.92. The van der Waals surface area contributed by atoms with Crippen LogP contribution in [0.25, 0.3) is 0 Å². The lowest BCUT2D eigenvalue weighted by atomic mass is 10.3. The molecule has 2 N–H and O–H groups in total. The van der Waals surface area contributed by atoms with Crippen molar-refractivity contribution < 1.29 is 17.9 Å². The first kappa shape index (κ1) is 13.1. The van der Waals surface area contributed by atoms with E-state index in [4.69, 9.17) is 4.74 Å². The molecule has 1 rings (SSSR count). The second-order valence-corrected chi connectivity index (χ2v) is 5.42. The number of hydrogen-bond donors (Lipinski definition) is 2. The Kier molecular flexibility index (Phi) is 4.91. The molecule has 0 aromatic heterocycles. The van der Waals surface area contributed by atoms with Gasteiger partial charge in [-0.05, 0) is 0 Å². The summed E-state index contributed by atoms with van der Waals surface area (Å²) in [5, 5.41) is 6.65. The van der Waals surface area contributed by atoms with Gasteiger partial charge >= 0.3 is 0 Å². The number of rotatable bonds is 6. The van der Waals surface area contributed by atoms with Gasteiger partial charge in [-0.2, -0.15) is 0 Å². The molecule has 92 valence electrons. The summed E-state index contributed by atoms with van der Waals surface area (Å²) >= 11 is 0. The van der Waals surface area contributed by atoms with Crippen LogP contribution in [0.1, 0.15) is 0 Å². The molecule has 0 aliphatic carbocycles. The van der Waals surface area contributed by atoms with Crippen LogP contribution in [0.2, 0.25) is 0 Å².